The summed E-state index contributed by atoms with van der Waals surface area (Å²) in [5.74, 6) is 0. The minimum atomic E-state index is 0. The van der Waals surface area contributed by atoms with E-state index >= 15 is 0 Å². The Hall–Kier alpha value is 1.25. The predicted octanol–water partition coefficient (Wildman–Crippen LogP) is 12.1. The van der Waals surface area contributed by atoms with E-state index in [1.54, 1.807) is 0 Å². The van der Waals surface area contributed by atoms with Gasteiger partial charge in [-0.25, -0.2) is 0 Å². The number of halogens is 1. The molecular weight excluding hydrogens is 465 g/mol. The van der Waals surface area contributed by atoms with Crippen molar-refractivity contribution in [2.24, 2.45) is 0 Å². The second-order valence-electron chi connectivity index (χ2n) is 9.36. The maximum absolute atomic E-state index is 2.27. The molecule has 0 aromatic rings. The summed E-state index contributed by atoms with van der Waals surface area (Å²) in [7, 11) is 0. The van der Waals surface area contributed by atoms with Crippen LogP contribution in [0, 0.1) is 0 Å². The summed E-state index contributed by atoms with van der Waals surface area (Å²) >= 11 is 0. The number of hydrogen-bond donors (Lipinski definition) is 0. The van der Waals surface area contributed by atoms with Crippen LogP contribution in [0.5, 0.6) is 0 Å². The average molecular weight is 534 g/mol. The third kappa shape index (κ3) is 57.8. The molecule has 32 heavy (non-hydrogen) atoms. The third-order valence-corrected chi connectivity index (χ3v) is 5.87. The molecule has 0 heterocycles. The van der Waals surface area contributed by atoms with Crippen molar-refractivity contribution in [1.29, 1.82) is 0 Å². The first-order valence-electron chi connectivity index (χ1n) is 14.7. The molecule has 0 aliphatic carbocycles. The minimum Gasteiger partial charge on any atom is -0.114 e. The topological polar surface area (TPSA) is 0 Å². The van der Waals surface area contributed by atoms with Crippen LogP contribution in [-0.2, 0) is 0 Å². The Kier molecular flexibility index (Phi) is 66.9. The first kappa shape index (κ1) is 43.3. The van der Waals surface area contributed by atoms with Crippen LogP contribution in [0.4, 0.5) is 0 Å². The Balaban J connectivity index is -0.000000110. The lowest BCUT2D eigenvalue weighted by Crippen LogP contribution is -1.77. The monoisotopic (exact) mass is 532 g/mol. The number of hydrogen-bond acceptors (Lipinski definition) is 0. The van der Waals surface area contributed by atoms with Crippen LogP contribution >= 0.6 is 17.0 Å². The van der Waals surface area contributed by atoms with Crippen molar-refractivity contribution in [1.82, 2.24) is 0 Å². The van der Waals surface area contributed by atoms with Crippen molar-refractivity contribution in [3.05, 3.63) is 0 Å². The van der Waals surface area contributed by atoms with Gasteiger partial charge in [0, 0.05) is 0 Å². The van der Waals surface area contributed by atoms with Crippen LogP contribution in [-0.4, -0.2) is 23.1 Å². The van der Waals surface area contributed by atoms with Crippen molar-refractivity contribution in [3.63, 3.8) is 0 Å². The van der Waals surface area contributed by atoms with E-state index in [2.05, 4.69) is 41.5 Å². The van der Waals surface area contributed by atoms with Gasteiger partial charge in [0.15, 0.2) is 0 Å². The fourth-order valence-electron chi connectivity index (χ4n) is 3.62. The molecule has 2 heteroatoms. The van der Waals surface area contributed by atoms with Crippen LogP contribution in [0.15, 0.2) is 0 Å². The quantitative estimate of drug-likeness (QED) is 0.102. The molecule has 0 N–H and O–H groups in total. The lowest BCUT2D eigenvalue weighted by atomic mass is 10.1. The fourth-order valence-corrected chi connectivity index (χ4v) is 3.62. The summed E-state index contributed by atoms with van der Waals surface area (Å²) in [6, 6.07) is 0. The van der Waals surface area contributed by atoms with Crippen molar-refractivity contribution in [2.75, 3.05) is 0 Å². The molecule has 0 aromatic carbocycles. The highest BCUT2D eigenvalue weighted by molar-refractivity contribution is 8.93. The summed E-state index contributed by atoms with van der Waals surface area (Å²) in [5.41, 5.74) is 0. The van der Waals surface area contributed by atoms with Crippen LogP contribution < -0.4 is 0 Å². The van der Waals surface area contributed by atoms with E-state index in [-0.39, 0.29) is 40.0 Å². The van der Waals surface area contributed by atoms with Gasteiger partial charge < -0.3 is 0 Å². The highest BCUT2D eigenvalue weighted by Crippen LogP contribution is 2.09. The Morgan fingerprint density at radius 2 is 0.312 bits per heavy atom. The number of rotatable bonds is 21. The summed E-state index contributed by atoms with van der Waals surface area (Å²) in [4.78, 5) is 0. The van der Waals surface area contributed by atoms with E-state index < -0.39 is 0 Å². The molecule has 0 saturated heterocycles. The molecule has 198 valence electrons. The second kappa shape index (κ2) is 49.4. The van der Waals surface area contributed by atoms with Gasteiger partial charge in [0.2, 0.25) is 0 Å². The zero-order valence-electron chi connectivity index (χ0n) is 23.4. The Morgan fingerprint density at radius 3 is 0.406 bits per heavy atom. The molecule has 0 atom stereocenters. The van der Waals surface area contributed by atoms with E-state index in [1.165, 1.54) is 154 Å². The molecule has 0 spiro atoms. The van der Waals surface area contributed by atoms with Gasteiger partial charge in [-0.2, -0.15) is 0 Å². The molecule has 0 radical (unpaired) electrons. The maximum atomic E-state index is 2.27. The largest absolute Gasteiger partial charge is 0.316 e. The fraction of sp³-hybridized carbons (Fsp3) is 1.00. The Bertz CT molecular complexity index is 171. The van der Waals surface area contributed by atoms with Gasteiger partial charge in [0.1, 0.15) is 0 Å². The standard InChI is InChI=1S/3C10H22.BrH.Mg.2H/c3*1-3-5-7-9-10-8-6-4-2;;;;/h3*3-10H2,1-2H3;1H;;;. The van der Waals surface area contributed by atoms with Crippen LogP contribution in [0.1, 0.15) is 196 Å². The highest BCUT2D eigenvalue weighted by Gasteiger charge is 1.89. The van der Waals surface area contributed by atoms with Crippen molar-refractivity contribution in [2.45, 2.75) is 196 Å². The van der Waals surface area contributed by atoms with Gasteiger partial charge in [-0.3, -0.25) is 0 Å². The van der Waals surface area contributed by atoms with E-state index in [1.807, 2.05) is 0 Å². The highest BCUT2D eigenvalue weighted by atomic mass is 79.9. The SMILES string of the molecule is Br.CCCCCCCCCC.CCCCCCCCCC.CCCCCCCCCC.[MgH2]. The van der Waals surface area contributed by atoms with Gasteiger partial charge in [0.25, 0.3) is 0 Å². The first-order chi connectivity index (χ1) is 14.7. The predicted molar refractivity (Wildman–Crippen MR) is 164 cm³/mol. The molecule has 0 amide bonds. The molecule has 0 aliphatic heterocycles. The zero-order valence-corrected chi connectivity index (χ0v) is 25.1. The van der Waals surface area contributed by atoms with E-state index in [9.17, 15) is 0 Å². The third-order valence-electron chi connectivity index (χ3n) is 5.87. The van der Waals surface area contributed by atoms with Crippen LogP contribution in [0.2, 0.25) is 0 Å². The molecule has 0 aliphatic rings. The normalized spacial score (nSPS) is 9.56. The average Bonchev–Trinajstić information content (AvgIpc) is 2.77. The van der Waals surface area contributed by atoms with E-state index in [4.69, 9.17) is 0 Å². The second-order valence-corrected chi connectivity index (χ2v) is 9.36. The Morgan fingerprint density at radius 1 is 0.219 bits per heavy atom. The molecule has 0 nitrogen and oxygen atoms in total. The first-order valence-corrected chi connectivity index (χ1v) is 14.7. The Labute approximate surface area is 234 Å². The van der Waals surface area contributed by atoms with E-state index in [0.29, 0.717) is 0 Å². The van der Waals surface area contributed by atoms with Gasteiger partial charge in [0.05, 0.1) is 0 Å². The molecule has 0 aromatic heterocycles. The van der Waals surface area contributed by atoms with Crippen LogP contribution in [0.3, 0.4) is 0 Å². The molecular formula is C30H69BrMg. The van der Waals surface area contributed by atoms with Gasteiger partial charge in [-0.05, 0) is 0 Å². The van der Waals surface area contributed by atoms with Gasteiger partial charge in [-0.1, -0.05) is 196 Å². The number of unbranched alkanes of at least 4 members (excludes halogenated alkanes) is 21. The van der Waals surface area contributed by atoms with Gasteiger partial charge >= 0.3 is 23.1 Å². The van der Waals surface area contributed by atoms with E-state index in [0.717, 1.165) is 0 Å². The van der Waals surface area contributed by atoms with Crippen molar-refractivity contribution < 1.29 is 0 Å². The van der Waals surface area contributed by atoms with Crippen molar-refractivity contribution >= 4 is 40.0 Å². The van der Waals surface area contributed by atoms with Gasteiger partial charge in [-0.15, -0.1) is 17.0 Å². The van der Waals surface area contributed by atoms with Crippen LogP contribution in [0.25, 0.3) is 0 Å². The van der Waals surface area contributed by atoms with Crippen molar-refractivity contribution in [3.8, 4) is 0 Å². The summed E-state index contributed by atoms with van der Waals surface area (Å²) < 4.78 is 0. The minimum absolute atomic E-state index is 0. The lowest BCUT2D eigenvalue weighted by molar-refractivity contribution is 0.585. The summed E-state index contributed by atoms with van der Waals surface area (Å²) in [5, 5.41) is 0. The molecule has 0 fully saturated rings. The molecule has 0 rings (SSSR count). The summed E-state index contributed by atoms with van der Waals surface area (Å²) in [6.45, 7) is 13.6. The molecule has 0 unspecified atom stereocenters. The lowest BCUT2D eigenvalue weighted by Gasteiger charge is -1.97. The maximum Gasteiger partial charge on any atom is 0.316 e. The summed E-state index contributed by atoms with van der Waals surface area (Å²) in [6.07, 6.45) is 34.4. The molecule has 0 bridgehead atoms. The smallest absolute Gasteiger partial charge is 0.114 e. The molecule has 0 saturated carbocycles. The zero-order chi connectivity index (χ0) is 23.0.